The lowest BCUT2D eigenvalue weighted by Gasteiger charge is -2.14. The summed E-state index contributed by atoms with van der Waals surface area (Å²) in [4.78, 5) is 25.7. The number of aromatic nitrogens is 1. The number of carbonyl (C=O) groups is 1. The van der Waals surface area contributed by atoms with Gasteiger partial charge in [-0.3, -0.25) is 9.59 Å². The van der Waals surface area contributed by atoms with E-state index in [1.807, 2.05) is 24.3 Å². The highest BCUT2D eigenvalue weighted by molar-refractivity contribution is 9.10. The summed E-state index contributed by atoms with van der Waals surface area (Å²) in [5.74, 6) is -1.07. The minimum atomic E-state index is -0.742. The average molecular weight is 456 g/mol. The molecule has 150 valence electrons. The van der Waals surface area contributed by atoms with Crippen LogP contribution in [0.15, 0.2) is 62.9 Å². The summed E-state index contributed by atoms with van der Waals surface area (Å²) in [6, 6.07) is 14.4. The molecule has 29 heavy (non-hydrogen) atoms. The molecule has 1 heterocycles. The Bertz CT molecular complexity index is 1120. The van der Waals surface area contributed by atoms with Gasteiger partial charge in [0.1, 0.15) is 11.3 Å². The van der Waals surface area contributed by atoms with Gasteiger partial charge in [0.05, 0.1) is 11.7 Å². The topological polar surface area (TPSA) is 83.7 Å². The lowest BCUT2D eigenvalue weighted by Crippen LogP contribution is -2.31. The maximum atomic E-state index is 13.0. The van der Waals surface area contributed by atoms with Crippen LogP contribution in [0.4, 0.5) is 0 Å². The van der Waals surface area contributed by atoms with Crippen LogP contribution in [-0.4, -0.2) is 21.8 Å². The molecule has 0 saturated carbocycles. The molecule has 0 atom stereocenters. The predicted molar refractivity (Wildman–Crippen MR) is 119 cm³/mol. The SMILES string of the molecule is CCCCCn1c(=O)c(C(=O)N/N=C\c2cccc(Br)c2)c(O)c2ccccc21. The third-order valence-electron chi connectivity index (χ3n) is 4.59. The maximum absolute atomic E-state index is 13.0. The number of aryl methyl sites for hydroxylation is 1. The average Bonchev–Trinajstić information content (AvgIpc) is 2.71. The summed E-state index contributed by atoms with van der Waals surface area (Å²) in [6.45, 7) is 2.56. The number of para-hydroxylation sites is 1. The van der Waals surface area contributed by atoms with Crippen molar-refractivity contribution >= 4 is 39.0 Å². The van der Waals surface area contributed by atoms with Gasteiger partial charge < -0.3 is 9.67 Å². The van der Waals surface area contributed by atoms with Crippen LogP contribution in [0, 0.1) is 0 Å². The number of hydrogen-bond acceptors (Lipinski definition) is 4. The Morgan fingerprint density at radius 2 is 2.00 bits per heavy atom. The first-order valence-electron chi connectivity index (χ1n) is 9.46. The molecule has 0 fully saturated rings. The molecule has 3 aromatic rings. The maximum Gasteiger partial charge on any atom is 0.280 e. The molecule has 2 aromatic carbocycles. The largest absolute Gasteiger partial charge is 0.506 e. The third-order valence-corrected chi connectivity index (χ3v) is 5.08. The molecule has 3 rings (SSSR count). The van der Waals surface area contributed by atoms with Crippen LogP contribution in [0.2, 0.25) is 0 Å². The number of nitrogens with one attached hydrogen (secondary N) is 1. The van der Waals surface area contributed by atoms with Gasteiger partial charge in [0.25, 0.3) is 11.5 Å². The zero-order valence-corrected chi connectivity index (χ0v) is 17.6. The normalized spacial score (nSPS) is 11.2. The van der Waals surface area contributed by atoms with Crippen molar-refractivity contribution in [3.05, 3.63) is 74.5 Å². The minimum Gasteiger partial charge on any atom is -0.506 e. The standard InChI is InChI=1S/C22H22BrN3O3/c1-2-3-6-12-26-18-11-5-4-10-17(18)20(27)19(22(26)29)21(28)25-24-14-15-8-7-9-16(23)13-15/h4-5,7-11,13-14,27H,2-3,6,12H2,1H3,(H,25,28)/b24-14-. The number of pyridine rings is 1. The molecule has 0 saturated heterocycles. The zero-order valence-electron chi connectivity index (χ0n) is 16.1. The van der Waals surface area contributed by atoms with Crippen LogP contribution < -0.4 is 11.0 Å². The van der Waals surface area contributed by atoms with Crippen molar-refractivity contribution in [1.29, 1.82) is 0 Å². The first-order chi connectivity index (χ1) is 14.0. The zero-order chi connectivity index (χ0) is 20.8. The van der Waals surface area contributed by atoms with E-state index in [0.29, 0.717) is 17.4 Å². The number of carbonyl (C=O) groups excluding carboxylic acids is 1. The Morgan fingerprint density at radius 1 is 1.21 bits per heavy atom. The Balaban J connectivity index is 1.95. The number of aromatic hydroxyl groups is 1. The fourth-order valence-electron chi connectivity index (χ4n) is 3.14. The molecular formula is C22H22BrN3O3. The van der Waals surface area contributed by atoms with Crippen molar-refractivity contribution in [2.75, 3.05) is 0 Å². The van der Waals surface area contributed by atoms with E-state index in [0.717, 1.165) is 29.3 Å². The summed E-state index contributed by atoms with van der Waals surface area (Å²) in [7, 11) is 0. The molecular weight excluding hydrogens is 434 g/mol. The minimum absolute atomic E-state index is 0.299. The molecule has 0 spiro atoms. The van der Waals surface area contributed by atoms with Crippen molar-refractivity contribution < 1.29 is 9.90 Å². The number of rotatable bonds is 7. The lowest BCUT2D eigenvalue weighted by atomic mass is 10.1. The van der Waals surface area contributed by atoms with Gasteiger partial charge in [-0.25, -0.2) is 5.43 Å². The van der Waals surface area contributed by atoms with E-state index < -0.39 is 11.5 Å². The Kier molecular flexibility index (Phi) is 6.82. The highest BCUT2D eigenvalue weighted by atomic mass is 79.9. The van der Waals surface area contributed by atoms with Crippen molar-refractivity contribution in [3.63, 3.8) is 0 Å². The van der Waals surface area contributed by atoms with Gasteiger partial charge in [0, 0.05) is 16.4 Å². The molecule has 6 nitrogen and oxygen atoms in total. The van der Waals surface area contributed by atoms with Crippen LogP contribution in [-0.2, 0) is 6.54 Å². The molecule has 0 aliphatic heterocycles. The molecule has 0 aliphatic carbocycles. The molecule has 0 unspecified atom stereocenters. The quantitative estimate of drug-likeness (QED) is 0.314. The highest BCUT2D eigenvalue weighted by Gasteiger charge is 2.21. The Morgan fingerprint density at radius 3 is 2.76 bits per heavy atom. The summed E-state index contributed by atoms with van der Waals surface area (Å²) < 4.78 is 2.44. The van der Waals surface area contributed by atoms with E-state index in [-0.39, 0.29) is 11.3 Å². The van der Waals surface area contributed by atoms with Crippen LogP contribution in [0.3, 0.4) is 0 Å². The number of unbranched alkanes of at least 4 members (excludes halogenated alkanes) is 2. The van der Waals surface area contributed by atoms with Gasteiger partial charge in [-0.2, -0.15) is 5.10 Å². The van der Waals surface area contributed by atoms with Gasteiger partial charge in [-0.15, -0.1) is 0 Å². The third kappa shape index (κ3) is 4.74. The van der Waals surface area contributed by atoms with Crippen molar-refractivity contribution in [2.45, 2.75) is 32.7 Å². The summed E-state index contributed by atoms with van der Waals surface area (Å²) in [5, 5.41) is 15.0. The molecule has 1 aromatic heterocycles. The Hall–Kier alpha value is -2.93. The van der Waals surface area contributed by atoms with Gasteiger partial charge in [0.2, 0.25) is 0 Å². The summed E-state index contributed by atoms with van der Waals surface area (Å²) >= 11 is 3.37. The summed E-state index contributed by atoms with van der Waals surface area (Å²) in [6.07, 6.45) is 4.27. The second-order valence-corrected chi connectivity index (χ2v) is 7.57. The monoisotopic (exact) mass is 455 g/mol. The predicted octanol–water partition coefficient (Wildman–Crippen LogP) is 4.42. The van der Waals surface area contributed by atoms with Crippen LogP contribution in [0.5, 0.6) is 5.75 Å². The van der Waals surface area contributed by atoms with Crippen molar-refractivity contribution in [2.24, 2.45) is 5.10 Å². The molecule has 0 radical (unpaired) electrons. The van der Waals surface area contributed by atoms with Gasteiger partial charge in [-0.05, 0) is 36.2 Å². The number of halogens is 1. The Labute approximate surface area is 177 Å². The van der Waals surface area contributed by atoms with Crippen LogP contribution in [0.25, 0.3) is 10.9 Å². The van der Waals surface area contributed by atoms with Crippen LogP contribution in [0.1, 0.15) is 42.1 Å². The fourth-order valence-corrected chi connectivity index (χ4v) is 3.56. The molecule has 1 amide bonds. The number of hydrogen-bond donors (Lipinski definition) is 2. The van der Waals surface area contributed by atoms with E-state index in [1.165, 1.54) is 6.21 Å². The second-order valence-electron chi connectivity index (χ2n) is 6.66. The van der Waals surface area contributed by atoms with E-state index in [9.17, 15) is 14.7 Å². The van der Waals surface area contributed by atoms with Crippen molar-refractivity contribution in [3.8, 4) is 5.75 Å². The molecule has 2 N–H and O–H groups in total. The fraction of sp³-hybridized carbons (Fsp3) is 0.227. The van der Waals surface area contributed by atoms with E-state index in [4.69, 9.17) is 0 Å². The first kappa shape index (κ1) is 20.8. The molecule has 0 aliphatic rings. The number of nitrogens with zero attached hydrogens (tertiary/aromatic N) is 2. The van der Waals surface area contributed by atoms with Crippen LogP contribution >= 0.6 is 15.9 Å². The van der Waals surface area contributed by atoms with Gasteiger partial charge in [-0.1, -0.05) is 60.0 Å². The number of benzene rings is 2. The lowest BCUT2D eigenvalue weighted by molar-refractivity contribution is 0.0950. The smallest absolute Gasteiger partial charge is 0.280 e. The van der Waals surface area contributed by atoms with Gasteiger partial charge >= 0.3 is 0 Å². The van der Waals surface area contributed by atoms with E-state index in [1.54, 1.807) is 28.8 Å². The van der Waals surface area contributed by atoms with Gasteiger partial charge in [0.15, 0.2) is 0 Å². The number of hydrazone groups is 1. The van der Waals surface area contributed by atoms with E-state index in [2.05, 4.69) is 33.4 Å². The number of fused-ring (bicyclic) bond motifs is 1. The first-order valence-corrected chi connectivity index (χ1v) is 10.3. The number of amides is 1. The molecule has 7 heteroatoms. The second kappa shape index (κ2) is 9.52. The summed E-state index contributed by atoms with van der Waals surface area (Å²) in [5.41, 5.74) is 2.92. The highest BCUT2D eigenvalue weighted by Crippen LogP contribution is 2.26. The molecule has 0 bridgehead atoms. The van der Waals surface area contributed by atoms with Crippen molar-refractivity contribution in [1.82, 2.24) is 9.99 Å². The van der Waals surface area contributed by atoms with E-state index >= 15 is 0 Å².